The first-order valence-corrected chi connectivity index (χ1v) is 9.99. The zero-order valence-electron chi connectivity index (χ0n) is 16.0. The lowest BCUT2D eigenvalue weighted by Gasteiger charge is -2.35. The van der Waals surface area contributed by atoms with E-state index in [-0.39, 0.29) is 18.1 Å². The largest absolute Gasteiger partial charge is 0.393 e. The molecule has 1 heterocycles. The van der Waals surface area contributed by atoms with Crippen molar-refractivity contribution < 1.29 is 9.90 Å². The number of hydrogen-bond donors (Lipinski definition) is 1. The minimum absolute atomic E-state index is 0.189. The van der Waals surface area contributed by atoms with Crippen LogP contribution < -0.4 is 0 Å². The van der Waals surface area contributed by atoms with Crippen molar-refractivity contribution in [3.63, 3.8) is 0 Å². The van der Waals surface area contributed by atoms with E-state index in [0.717, 1.165) is 63.0 Å². The van der Waals surface area contributed by atoms with Crippen LogP contribution >= 0.6 is 0 Å². The minimum atomic E-state index is -0.189. The van der Waals surface area contributed by atoms with E-state index < -0.39 is 0 Å². The number of aromatic nitrogens is 4. The Kier molecular flexibility index (Phi) is 6.92. The van der Waals surface area contributed by atoms with Crippen LogP contribution in [0.3, 0.4) is 0 Å². The Morgan fingerprint density at radius 2 is 1.93 bits per heavy atom. The van der Waals surface area contributed by atoms with E-state index in [4.69, 9.17) is 0 Å². The highest BCUT2D eigenvalue weighted by Gasteiger charge is 2.26. The monoisotopic (exact) mass is 371 g/mol. The summed E-state index contributed by atoms with van der Waals surface area (Å²) in [5.41, 5.74) is 0.949. The zero-order chi connectivity index (χ0) is 19.1. The summed E-state index contributed by atoms with van der Waals surface area (Å²) in [5, 5.41) is 21.6. The molecule has 1 saturated carbocycles. The molecule has 0 spiro atoms. The Hall–Kier alpha value is -2.28. The number of rotatable bonds is 8. The molecule has 146 valence electrons. The number of unbranched alkanes of at least 4 members (excludes halogenated alkanes) is 1. The summed E-state index contributed by atoms with van der Waals surface area (Å²) in [6, 6.07) is 10.1. The van der Waals surface area contributed by atoms with Crippen LogP contribution in [0.15, 0.2) is 30.3 Å². The molecule has 1 N–H and O–H groups in total. The van der Waals surface area contributed by atoms with E-state index in [1.54, 1.807) is 4.68 Å². The van der Waals surface area contributed by atoms with Crippen LogP contribution in [0, 0.1) is 0 Å². The first kappa shape index (κ1) is 19.5. The Balaban J connectivity index is 1.46. The molecule has 1 aromatic heterocycles. The minimum Gasteiger partial charge on any atom is -0.393 e. The molecule has 1 aliphatic rings. The summed E-state index contributed by atoms with van der Waals surface area (Å²) in [6.07, 6.45) is 6.24. The number of amides is 1. The van der Waals surface area contributed by atoms with Crippen LogP contribution in [0.1, 0.15) is 57.7 Å². The summed E-state index contributed by atoms with van der Waals surface area (Å²) in [5.74, 6) is 1.05. The summed E-state index contributed by atoms with van der Waals surface area (Å²) >= 11 is 0. The van der Waals surface area contributed by atoms with Gasteiger partial charge in [0.15, 0.2) is 5.82 Å². The van der Waals surface area contributed by atoms with Gasteiger partial charge >= 0.3 is 0 Å². The van der Waals surface area contributed by atoms with Gasteiger partial charge < -0.3 is 10.0 Å². The van der Waals surface area contributed by atoms with Crippen molar-refractivity contribution in [1.82, 2.24) is 25.1 Å². The third-order valence-corrected chi connectivity index (χ3v) is 5.34. The van der Waals surface area contributed by atoms with Gasteiger partial charge in [-0.1, -0.05) is 18.2 Å². The highest BCUT2D eigenvalue weighted by Crippen LogP contribution is 2.24. The van der Waals surface area contributed by atoms with Crippen LogP contribution in [0.25, 0.3) is 5.69 Å². The second kappa shape index (κ2) is 9.60. The maximum absolute atomic E-state index is 12.6. The molecule has 27 heavy (non-hydrogen) atoms. The van der Waals surface area contributed by atoms with E-state index in [9.17, 15) is 9.90 Å². The van der Waals surface area contributed by atoms with Gasteiger partial charge in [0.2, 0.25) is 5.91 Å². The quantitative estimate of drug-likeness (QED) is 0.721. The van der Waals surface area contributed by atoms with Gasteiger partial charge in [0, 0.05) is 25.4 Å². The molecule has 0 saturated heterocycles. The molecule has 1 amide bonds. The predicted octanol–water partition coefficient (Wildman–Crippen LogP) is 2.53. The fraction of sp³-hybridized carbons (Fsp3) is 0.600. The summed E-state index contributed by atoms with van der Waals surface area (Å²) in [4.78, 5) is 14.6. The summed E-state index contributed by atoms with van der Waals surface area (Å²) in [7, 11) is 0. The highest BCUT2D eigenvalue weighted by atomic mass is 16.3. The Morgan fingerprint density at radius 3 is 2.63 bits per heavy atom. The topological polar surface area (TPSA) is 84.1 Å². The van der Waals surface area contributed by atoms with E-state index in [1.165, 1.54) is 0 Å². The van der Waals surface area contributed by atoms with Crippen molar-refractivity contribution in [1.29, 1.82) is 0 Å². The molecule has 2 aromatic rings. The van der Waals surface area contributed by atoms with Gasteiger partial charge in [-0.15, -0.1) is 5.10 Å². The van der Waals surface area contributed by atoms with Crippen LogP contribution in [0.2, 0.25) is 0 Å². The maximum atomic E-state index is 12.6. The smallest absolute Gasteiger partial charge is 0.222 e. The number of tetrazole rings is 1. The van der Waals surface area contributed by atoms with Gasteiger partial charge in [-0.25, -0.2) is 0 Å². The van der Waals surface area contributed by atoms with Gasteiger partial charge in [-0.3, -0.25) is 4.79 Å². The van der Waals surface area contributed by atoms with Crippen LogP contribution in [-0.4, -0.2) is 54.8 Å². The number of carbonyl (C=O) groups is 1. The first-order chi connectivity index (χ1) is 13.2. The van der Waals surface area contributed by atoms with Crippen LogP contribution in [-0.2, 0) is 11.2 Å². The van der Waals surface area contributed by atoms with Gasteiger partial charge in [-0.2, -0.15) is 4.68 Å². The maximum Gasteiger partial charge on any atom is 0.222 e. The van der Waals surface area contributed by atoms with E-state index in [1.807, 2.05) is 42.2 Å². The Bertz CT molecular complexity index is 710. The van der Waals surface area contributed by atoms with Crippen LogP contribution in [0.4, 0.5) is 0 Å². The Morgan fingerprint density at radius 1 is 1.19 bits per heavy atom. The first-order valence-electron chi connectivity index (χ1n) is 9.99. The lowest BCUT2D eigenvalue weighted by molar-refractivity contribution is -0.134. The van der Waals surface area contributed by atoms with Crippen molar-refractivity contribution in [2.24, 2.45) is 0 Å². The second-order valence-corrected chi connectivity index (χ2v) is 7.19. The standard InChI is InChI=1S/C20H29N5O2/c1-2-24(16-12-14-18(26)15-13-16)20(27)11-7-6-10-19-21-22-23-25(19)17-8-4-3-5-9-17/h3-5,8-9,16,18,26H,2,6-7,10-15H2,1H3. The summed E-state index contributed by atoms with van der Waals surface area (Å²) < 4.78 is 1.76. The molecule has 7 heteroatoms. The van der Waals surface area contributed by atoms with Crippen molar-refractivity contribution in [2.45, 2.75) is 70.4 Å². The van der Waals surface area contributed by atoms with Gasteiger partial charge in [0.1, 0.15) is 0 Å². The van der Waals surface area contributed by atoms with Gasteiger partial charge in [0.05, 0.1) is 11.8 Å². The molecule has 7 nitrogen and oxygen atoms in total. The normalized spacial score (nSPS) is 19.8. The molecular weight excluding hydrogens is 342 g/mol. The van der Waals surface area contributed by atoms with Crippen LogP contribution in [0.5, 0.6) is 0 Å². The molecule has 0 aliphatic heterocycles. The Labute approximate surface area is 160 Å². The van der Waals surface area contributed by atoms with Crippen molar-refractivity contribution in [3.8, 4) is 5.69 Å². The van der Waals surface area contributed by atoms with Crippen molar-refractivity contribution in [3.05, 3.63) is 36.2 Å². The van der Waals surface area contributed by atoms with E-state index >= 15 is 0 Å². The number of para-hydroxylation sites is 1. The molecule has 1 aromatic carbocycles. The zero-order valence-corrected chi connectivity index (χ0v) is 16.0. The number of aliphatic hydroxyl groups excluding tert-OH is 1. The molecule has 1 fully saturated rings. The highest BCUT2D eigenvalue weighted by molar-refractivity contribution is 5.76. The predicted molar refractivity (Wildman–Crippen MR) is 102 cm³/mol. The molecule has 3 rings (SSSR count). The van der Waals surface area contributed by atoms with Crippen molar-refractivity contribution in [2.75, 3.05) is 6.54 Å². The number of aliphatic hydroxyl groups is 1. The van der Waals surface area contributed by atoms with Crippen molar-refractivity contribution >= 4 is 5.91 Å². The third kappa shape index (κ3) is 5.13. The third-order valence-electron chi connectivity index (χ3n) is 5.34. The average Bonchev–Trinajstić information content (AvgIpc) is 3.16. The number of carbonyl (C=O) groups excluding carboxylic acids is 1. The fourth-order valence-electron chi connectivity index (χ4n) is 3.84. The number of nitrogens with zero attached hydrogens (tertiary/aromatic N) is 5. The number of hydrogen-bond acceptors (Lipinski definition) is 5. The lowest BCUT2D eigenvalue weighted by Crippen LogP contribution is -2.42. The fourth-order valence-corrected chi connectivity index (χ4v) is 3.84. The number of aryl methyl sites for hydroxylation is 1. The van der Waals surface area contributed by atoms with E-state index in [0.29, 0.717) is 6.42 Å². The molecular formula is C20H29N5O2. The lowest BCUT2D eigenvalue weighted by atomic mass is 9.91. The molecule has 0 radical (unpaired) electrons. The SMILES string of the molecule is CCN(C(=O)CCCCc1nnnn1-c1ccccc1)C1CCC(O)CC1. The molecule has 0 bridgehead atoms. The molecule has 1 aliphatic carbocycles. The van der Waals surface area contributed by atoms with Gasteiger partial charge in [0.25, 0.3) is 0 Å². The van der Waals surface area contributed by atoms with Gasteiger partial charge in [-0.05, 0) is 68.0 Å². The summed E-state index contributed by atoms with van der Waals surface area (Å²) in [6.45, 7) is 2.78. The molecule has 0 atom stereocenters. The second-order valence-electron chi connectivity index (χ2n) is 7.19. The number of benzene rings is 1. The average molecular weight is 371 g/mol. The molecule has 0 unspecified atom stereocenters. The van der Waals surface area contributed by atoms with E-state index in [2.05, 4.69) is 15.5 Å².